The summed E-state index contributed by atoms with van der Waals surface area (Å²) in [7, 11) is 0. The number of carbonyl (C=O) groups excluding carboxylic acids is 1. The lowest BCUT2D eigenvalue weighted by Crippen LogP contribution is -2.24. The second-order valence-corrected chi connectivity index (χ2v) is 5.24. The van der Waals surface area contributed by atoms with Gasteiger partial charge in [-0.2, -0.15) is 4.37 Å². The lowest BCUT2D eigenvalue weighted by atomic mass is 10.2. The third-order valence-electron chi connectivity index (χ3n) is 2.26. The molecule has 4 nitrogen and oxygen atoms in total. The highest BCUT2D eigenvalue weighted by atomic mass is 35.5. The summed E-state index contributed by atoms with van der Waals surface area (Å²) >= 11 is 7.18. The normalized spacial score (nSPS) is 21.7. The van der Waals surface area contributed by atoms with Gasteiger partial charge in [-0.05, 0) is 0 Å². The summed E-state index contributed by atoms with van der Waals surface area (Å²) in [6.45, 7) is 4.61. The highest BCUT2D eigenvalue weighted by Crippen LogP contribution is 2.27. The van der Waals surface area contributed by atoms with E-state index < -0.39 is 0 Å². The average molecular weight is 246 g/mol. The van der Waals surface area contributed by atoms with E-state index in [1.54, 1.807) is 4.90 Å². The van der Waals surface area contributed by atoms with Gasteiger partial charge in [-0.15, -0.1) is 11.6 Å². The van der Waals surface area contributed by atoms with Crippen LogP contribution in [0.3, 0.4) is 0 Å². The fraction of sp³-hybridized carbons (Fsp3) is 0.667. The zero-order valence-electron chi connectivity index (χ0n) is 8.61. The van der Waals surface area contributed by atoms with Crippen LogP contribution in [0.1, 0.15) is 32.0 Å². The van der Waals surface area contributed by atoms with Crippen molar-refractivity contribution in [2.45, 2.75) is 31.6 Å². The van der Waals surface area contributed by atoms with Gasteiger partial charge in [0.05, 0.1) is 5.38 Å². The minimum Gasteiger partial charge on any atom is -0.285 e. The standard InChI is InChI=1S/C9H12ClN3OS/c1-5(2)8-11-9(15-12-8)13-4-6(10)3-7(13)14/h5-6H,3-4H2,1-2H3. The minimum atomic E-state index is -0.0936. The van der Waals surface area contributed by atoms with Crippen molar-refractivity contribution in [2.75, 3.05) is 11.4 Å². The number of halogens is 1. The number of carbonyl (C=O) groups is 1. The summed E-state index contributed by atoms with van der Waals surface area (Å²) < 4.78 is 4.21. The molecule has 1 atom stereocenters. The summed E-state index contributed by atoms with van der Waals surface area (Å²) in [6, 6.07) is 0. The van der Waals surface area contributed by atoms with Crippen LogP contribution in [0.4, 0.5) is 5.13 Å². The Labute approximate surface area is 97.4 Å². The number of anilines is 1. The molecule has 0 N–H and O–H groups in total. The van der Waals surface area contributed by atoms with Gasteiger partial charge in [0.2, 0.25) is 11.0 Å². The van der Waals surface area contributed by atoms with E-state index in [4.69, 9.17) is 11.6 Å². The van der Waals surface area contributed by atoms with Crippen LogP contribution in [0, 0.1) is 0 Å². The second-order valence-electron chi connectivity index (χ2n) is 3.90. The molecular formula is C9H12ClN3OS. The maximum atomic E-state index is 11.5. The Morgan fingerprint density at radius 2 is 2.33 bits per heavy atom. The molecule has 0 saturated carbocycles. The molecule has 1 aromatic heterocycles. The SMILES string of the molecule is CC(C)c1nsc(N2CC(Cl)CC2=O)n1. The smallest absolute Gasteiger partial charge is 0.230 e. The fourth-order valence-corrected chi connectivity index (χ4v) is 2.53. The van der Waals surface area contributed by atoms with Crippen LogP contribution in [-0.2, 0) is 4.79 Å². The zero-order valence-corrected chi connectivity index (χ0v) is 10.2. The van der Waals surface area contributed by atoms with Crippen LogP contribution >= 0.6 is 23.1 Å². The van der Waals surface area contributed by atoms with Crippen molar-refractivity contribution in [3.05, 3.63) is 5.82 Å². The molecule has 0 aromatic carbocycles. The summed E-state index contributed by atoms with van der Waals surface area (Å²) in [5.74, 6) is 1.13. The second kappa shape index (κ2) is 4.06. The molecule has 15 heavy (non-hydrogen) atoms. The van der Waals surface area contributed by atoms with Crippen LogP contribution in [0.15, 0.2) is 0 Å². The molecule has 1 fully saturated rings. The molecule has 1 amide bonds. The number of aromatic nitrogens is 2. The van der Waals surface area contributed by atoms with Gasteiger partial charge in [-0.1, -0.05) is 13.8 Å². The molecule has 1 saturated heterocycles. The first-order chi connectivity index (χ1) is 7.08. The Balaban J connectivity index is 2.19. The van der Waals surface area contributed by atoms with Crippen LogP contribution in [0.2, 0.25) is 0 Å². The lowest BCUT2D eigenvalue weighted by Gasteiger charge is -2.09. The van der Waals surface area contributed by atoms with Gasteiger partial charge in [0.1, 0.15) is 5.82 Å². The van der Waals surface area contributed by atoms with Crippen molar-refractivity contribution in [3.8, 4) is 0 Å². The number of hydrogen-bond donors (Lipinski definition) is 0. The van der Waals surface area contributed by atoms with Gasteiger partial charge in [0.15, 0.2) is 0 Å². The van der Waals surface area contributed by atoms with Crippen LogP contribution < -0.4 is 4.90 Å². The monoisotopic (exact) mass is 245 g/mol. The molecular weight excluding hydrogens is 234 g/mol. The van der Waals surface area contributed by atoms with Crippen LogP contribution in [-0.4, -0.2) is 27.2 Å². The molecule has 1 aliphatic heterocycles. The molecule has 0 bridgehead atoms. The topological polar surface area (TPSA) is 46.1 Å². The van der Waals surface area contributed by atoms with Gasteiger partial charge in [-0.3, -0.25) is 9.69 Å². The first-order valence-electron chi connectivity index (χ1n) is 4.86. The molecule has 82 valence electrons. The summed E-state index contributed by atoms with van der Waals surface area (Å²) in [5.41, 5.74) is 0. The van der Waals surface area contributed by atoms with Gasteiger partial charge in [0, 0.05) is 30.4 Å². The molecule has 0 spiro atoms. The minimum absolute atomic E-state index is 0.0430. The lowest BCUT2D eigenvalue weighted by molar-refractivity contribution is -0.117. The predicted octanol–water partition coefficient (Wildman–Crippen LogP) is 2.01. The van der Waals surface area contributed by atoms with E-state index >= 15 is 0 Å². The van der Waals surface area contributed by atoms with Gasteiger partial charge in [0.25, 0.3) is 0 Å². The highest BCUT2D eigenvalue weighted by Gasteiger charge is 2.31. The van der Waals surface area contributed by atoms with E-state index in [0.717, 1.165) is 5.82 Å². The molecule has 0 radical (unpaired) electrons. The predicted molar refractivity (Wildman–Crippen MR) is 60.6 cm³/mol. The molecule has 6 heteroatoms. The maximum Gasteiger partial charge on any atom is 0.230 e. The number of hydrogen-bond acceptors (Lipinski definition) is 4. The first-order valence-corrected chi connectivity index (χ1v) is 6.07. The number of amides is 1. The van der Waals surface area contributed by atoms with E-state index in [1.165, 1.54) is 11.5 Å². The zero-order chi connectivity index (χ0) is 11.0. The van der Waals surface area contributed by atoms with E-state index in [2.05, 4.69) is 9.36 Å². The van der Waals surface area contributed by atoms with Crippen LogP contribution in [0.5, 0.6) is 0 Å². The van der Waals surface area contributed by atoms with Crippen molar-refractivity contribution < 1.29 is 4.79 Å². The van der Waals surface area contributed by atoms with E-state index in [-0.39, 0.29) is 11.3 Å². The van der Waals surface area contributed by atoms with E-state index in [0.29, 0.717) is 24.0 Å². The van der Waals surface area contributed by atoms with Crippen molar-refractivity contribution >= 4 is 34.2 Å². The third-order valence-corrected chi connectivity index (χ3v) is 3.30. The Morgan fingerprint density at radius 1 is 1.60 bits per heavy atom. The highest BCUT2D eigenvalue weighted by molar-refractivity contribution is 7.10. The fourth-order valence-electron chi connectivity index (χ4n) is 1.42. The average Bonchev–Trinajstić information content (AvgIpc) is 2.71. The molecule has 2 heterocycles. The number of rotatable bonds is 2. The number of alkyl halides is 1. The summed E-state index contributed by atoms with van der Waals surface area (Å²) in [4.78, 5) is 17.5. The Kier molecular flexibility index (Phi) is 2.93. The largest absolute Gasteiger partial charge is 0.285 e. The Bertz CT molecular complexity index is 379. The Hall–Kier alpha value is -0.680. The van der Waals surface area contributed by atoms with E-state index in [9.17, 15) is 4.79 Å². The van der Waals surface area contributed by atoms with Crippen molar-refractivity contribution in [1.29, 1.82) is 0 Å². The Morgan fingerprint density at radius 3 is 2.80 bits per heavy atom. The van der Waals surface area contributed by atoms with Gasteiger partial charge < -0.3 is 0 Å². The number of nitrogens with zero attached hydrogens (tertiary/aromatic N) is 3. The quantitative estimate of drug-likeness (QED) is 0.749. The van der Waals surface area contributed by atoms with Crippen LogP contribution in [0.25, 0.3) is 0 Å². The van der Waals surface area contributed by atoms with Crippen molar-refractivity contribution in [2.24, 2.45) is 0 Å². The van der Waals surface area contributed by atoms with Gasteiger partial charge >= 0.3 is 0 Å². The van der Waals surface area contributed by atoms with Gasteiger partial charge in [-0.25, -0.2) is 4.98 Å². The molecule has 2 rings (SSSR count). The molecule has 1 aliphatic rings. The van der Waals surface area contributed by atoms with E-state index in [1.807, 2.05) is 13.8 Å². The van der Waals surface area contributed by atoms with Crippen molar-refractivity contribution in [3.63, 3.8) is 0 Å². The molecule has 0 aliphatic carbocycles. The first kappa shape index (κ1) is 10.8. The summed E-state index contributed by atoms with van der Waals surface area (Å²) in [6.07, 6.45) is 0.401. The maximum absolute atomic E-state index is 11.5. The third kappa shape index (κ3) is 2.13. The molecule has 1 unspecified atom stereocenters. The van der Waals surface area contributed by atoms with Crippen molar-refractivity contribution in [1.82, 2.24) is 9.36 Å². The summed E-state index contributed by atoms with van der Waals surface area (Å²) in [5, 5.41) is 0.579. The molecule has 1 aromatic rings.